The molecule has 4 saturated carbocycles. The minimum atomic E-state index is -4.61. The lowest BCUT2D eigenvalue weighted by atomic mass is 9.49. The van der Waals surface area contributed by atoms with Gasteiger partial charge in [0.05, 0.1) is 10.5 Å². The molecule has 9 heteroatoms. The number of halogens is 3. The molecule has 1 aromatic rings. The van der Waals surface area contributed by atoms with Crippen molar-refractivity contribution in [3.8, 4) is 0 Å². The summed E-state index contributed by atoms with van der Waals surface area (Å²) in [5, 5.41) is 3.05. The van der Waals surface area contributed by atoms with Crippen molar-refractivity contribution in [1.82, 2.24) is 9.62 Å². The second kappa shape index (κ2) is 7.72. The van der Waals surface area contributed by atoms with E-state index in [-0.39, 0.29) is 29.3 Å². The van der Waals surface area contributed by atoms with E-state index in [1.165, 1.54) is 29.6 Å². The van der Waals surface area contributed by atoms with Gasteiger partial charge >= 0.3 is 6.18 Å². The van der Waals surface area contributed by atoms with E-state index in [1.807, 2.05) is 0 Å². The minimum absolute atomic E-state index is 0.0416. The van der Waals surface area contributed by atoms with Crippen LogP contribution in [-0.2, 0) is 21.0 Å². The first-order valence-corrected chi connectivity index (χ1v) is 13.0. The summed E-state index contributed by atoms with van der Waals surface area (Å²) in [6.07, 6.45) is 3.09. The van der Waals surface area contributed by atoms with Crippen LogP contribution in [0.1, 0.15) is 56.9 Å². The van der Waals surface area contributed by atoms with Crippen molar-refractivity contribution in [2.45, 2.75) is 68.5 Å². The summed E-state index contributed by atoms with van der Waals surface area (Å²) in [6, 6.07) is 3.45. The third kappa shape index (κ3) is 3.85. The van der Waals surface area contributed by atoms with Crippen molar-refractivity contribution >= 4 is 15.9 Å². The van der Waals surface area contributed by atoms with Crippen LogP contribution in [-0.4, -0.2) is 37.8 Å². The molecule has 1 amide bonds. The Labute approximate surface area is 186 Å². The first kappa shape index (κ1) is 22.2. The first-order valence-electron chi connectivity index (χ1n) is 11.5. The van der Waals surface area contributed by atoms with E-state index in [0.717, 1.165) is 31.4 Å². The molecule has 1 atom stereocenters. The highest BCUT2D eigenvalue weighted by atomic mass is 32.2. The number of carbonyl (C=O) groups excluding carboxylic acids is 1. The fraction of sp³-hybridized carbons (Fsp3) is 0.696. The predicted octanol–water partition coefficient (Wildman–Crippen LogP) is 4.19. The van der Waals surface area contributed by atoms with Crippen molar-refractivity contribution in [2.24, 2.45) is 23.2 Å². The second-order valence-electron chi connectivity index (χ2n) is 10.3. The Morgan fingerprint density at radius 3 is 2.31 bits per heavy atom. The Bertz CT molecular complexity index is 973. The number of hydrogen-bond donors (Lipinski definition) is 1. The summed E-state index contributed by atoms with van der Waals surface area (Å²) in [7, 11) is -4.08. The van der Waals surface area contributed by atoms with Crippen LogP contribution >= 0.6 is 0 Å². The molecule has 1 saturated heterocycles. The van der Waals surface area contributed by atoms with E-state index < -0.39 is 27.8 Å². The summed E-state index contributed by atoms with van der Waals surface area (Å²) in [4.78, 5) is 12.9. The Morgan fingerprint density at radius 2 is 1.72 bits per heavy atom. The number of carbonyl (C=O) groups is 1. The summed E-state index contributed by atoms with van der Waals surface area (Å²) >= 11 is 0. The summed E-state index contributed by atoms with van der Waals surface area (Å²) < 4.78 is 66.8. The van der Waals surface area contributed by atoms with Gasteiger partial charge in [-0.05, 0) is 87.3 Å². The van der Waals surface area contributed by atoms with Crippen LogP contribution in [0.5, 0.6) is 0 Å². The Balaban J connectivity index is 1.29. The highest BCUT2D eigenvalue weighted by Crippen LogP contribution is 2.60. The molecule has 1 N–H and O–H groups in total. The molecule has 6 rings (SSSR count). The quantitative estimate of drug-likeness (QED) is 0.702. The lowest BCUT2D eigenvalue weighted by molar-refractivity contribution is -0.146. The van der Waals surface area contributed by atoms with Gasteiger partial charge in [-0.3, -0.25) is 4.79 Å². The standard InChI is InChI=1S/C23H29F3N2O3S/c24-23(25,26)18-3-1-5-20(10-18)32(30,31)28-6-2-4-19(28)14-27-21(29)22-11-15-7-16(12-22)9-17(8-15)13-22/h1,3,5,10,15-17,19H,2,4,6-9,11-14H2,(H,27,29). The molecular weight excluding hydrogens is 441 g/mol. The van der Waals surface area contributed by atoms with Crippen molar-refractivity contribution in [1.29, 1.82) is 0 Å². The summed E-state index contributed by atoms with van der Waals surface area (Å²) in [5.41, 5.74) is -1.29. The van der Waals surface area contributed by atoms with Gasteiger partial charge in [-0.2, -0.15) is 17.5 Å². The monoisotopic (exact) mass is 470 g/mol. The van der Waals surface area contributed by atoms with Crippen LogP contribution in [0.2, 0.25) is 0 Å². The molecule has 5 fully saturated rings. The normalized spacial score (nSPS) is 34.7. The van der Waals surface area contributed by atoms with Gasteiger partial charge in [0, 0.05) is 24.5 Å². The van der Waals surface area contributed by atoms with Crippen LogP contribution in [0.25, 0.3) is 0 Å². The third-order valence-electron chi connectivity index (χ3n) is 8.11. The van der Waals surface area contributed by atoms with E-state index in [4.69, 9.17) is 0 Å². The second-order valence-corrected chi connectivity index (χ2v) is 12.2. The van der Waals surface area contributed by atoms with Crippen LogP contribution in [0.3, 0.4) is 0 Å². The zero-order chi connectivity index (χ0) is 22.7. The van der Waals surface area contributed by atoms with Crippen molar-refractivity contribution in [2.75, 3.05) is 13.1 Å². The van der Waals surface area contributed by atoms with E-state index in [1.54, 1.807) is 0 Å². The van der Waals surface area contributed by atoms with E-state index >= 15 is 0 Å². The van der Waals surface area contributed by atoms with E-state index in [2.05, 4.69) is 5.32 Å². The number of alkyl halides is 3. The van der Waals surface area contributed by atoms with Gasteiger partial charge in [-0.1, -0.05) is 6.07 Å². The summed E-state index contributed by atoms with van der Waals surface area (Å²) in [5.74, 6) is 1.95. The van der Waals surface area contributed by atoms with Crippen LogP contribution in [0.4, 0.5) is 13.2 Å². The van der Waals surface area contributed by atoms with Gasteiger partial charge in [0.25, 0.3) is 0 Å². The van der Waals surface area contributed by atoms with Crippen LogP contribution in [0, 0.1) is 23.2 Å². The summed E-state index contributed by atoms with van der Waals surface area (Å²) in [6.45, 7) is 0.454. The largest absolute Gasteiger partial charge is 0.416 e. The molecule has 4 bridgehead atoms. The molecule has 0 radical (unpaired) electrons. The van der Waals surface area contributed by atoms with E-state index in [0.29, 0.717) is 36.7 Å². The number of amides is 1. The number of hydrogen-bond acceptors (Lipinski definition) is 3. The number of rotatable bonds is 5. The maximum Gasteiger partial charge on any atom is 0.416 e. The average molecular weight is 471 g/mol. The zero-order valence-corrected chi connectivity index (χ0v) is 18.7. The first-order chi connectivity index (χ1) is 15.1. The number of nitrogens with one attached hydrogen (secondary N) is 1. The highest BCUT2D eigenvalue weighted by Gasteiger charge is 2.54. The molecule has 1 heterocycles. The smallest absolute Gasteiger partial charge is 0.354 e. The van der Waals surface area contributed by atoms with Gasteiger partial charge in [0.1, 0.15) is 0 Å². The number of benzene rings is 1. The Hall–Kier alpha value is -1.61. The topological polar surface area (TPSA) is 66.5 Å². The Morgan fingerprint density at radius 1 is 1.09 bits per heavy atom. The fourth-order valence-corrected chi connectivity index (χ4v) is 8.82. The molecule has 0 aromatic heterocycles. The predicted molar refractivity (Wildman–Crippen MR) is 112 cm³/mol. The van der Waals surface area contributed by atoms with Crippen molar-refractivity contribution < 1.29 is 26.4 Å². The number of sulfonamides is 1. The third-order valence-corrected chi connectivity index (χ3v) is 10.1. The Kier molecular flexibility index (Phi) is 5.36. The molecule has 32 heavy (non-hydrogen) atoms. The van der Waals surface area contributed by atoms with Gasteiger partial charge in [-0.25, -0.2) is 8.42 Å². The number of nitrogens with zero attached hydrogens (tertiary/aromatic N) is 1. The van der Waals surface area contributed by atoms with Gasteiger partial charge < -0.3 is 5.32 Å². The van der Waals surface area contributed by atoms with Gasteiger partial charge in [-0.15, -0.1) is 0 Å². The molecule has 5 aliphatic rings. The molecule has 4 aliphatic carbocycles. The van der Waals surface area contributed by atoms with Crippen LogP contribution < -0.4 is 5.32 Å². The fourth-order valence-electron chi connectivity index (χ4n) is 7.08. The highest BCUT2D eigenvalue weighted by molar-refractivity contribution is 7.89. The lowest BCUT2D eigenvalue weighted by Gasteiger charge is -2.55. The molecule has 5 nitrogen and oxygen atoms in total. The lowest BCUT2D eigenvalue weighted by Crippen LogP contribution is -2.55. The van der Waals surface area contributed by atoms with Gasteiger partial charge in [0.15, 0.2) is 0 Å². The molecule has 1 unspecified atom stereocenters. The molecule has 176 valence electrons. The molecular formula is C23H29F3N2O3S. The molecule has 1 aromatic carbocycles. The average Bonchev–Trinajstić information content (AvgIpc) is 3.20. The SMILES string of the molecule is O=C(NCC1CCCN1S(=O)(=O)c1cccc(C(F)(F)F)c1)C12CC3CC(CC(C3)C1)C2. The van der Waals surface area contributed by atoms with Crippen LogP contribution in [0.15, 0.2) is 29.2 Å². The zero-order valence-electron chi connectivity index (χ0n) is 17.9. The minimum Gasteiger partial charge on any atom is -0.354 e. The van der Waals surface area contributed by atoms with E-state index in [9.17, 15) is 26.4 Å². The van der Waals surface area contributed by atoms with Crippen molar-refractivity contribution in [3.63, 3.8) is 0 Å². The van der Waals surface area contributed by atoms with Crippen molar-refractivity contribution in [3.05, 3.63) is 29.8 Å². The van der Waals surface area contributed by atoms with Gasteiger partial charge in [0.2, 0.25) is 15.9 Å². The maximum atomic E-state index is 13.2. The maximum absolute atomic E-state index is 13.2. The molecule has 1 aliphatic heterocycles. The molecule has 0 spiro atoms.